The molecule has 1 aliphatic heterocycles. The number of hydrogen-bond acceptors (Lipinski definition) is 8. The number of ether oxygens (including phenoxy) is 2. The molecule has 3 aromatic rings. The molecule has 0 bridgehead atoms. The van der Waals surface area contributed by atoms with Crippen LogP contribution in [-0.2, 0) is 9.53 Å². The number of nitrogens with one attached hydrogen (secondary N) is 1. The van der Waals surface area contributed by atoms with Crippen LogP contribution in [0.2, 0.25) is 0 Å². The van der Waals surface area contributed by atoms with Gasteiger partial charge in [0.25, 0.3) is 6.43 Å². The number of carbonyl (C=O) groups is 1. The van der Waals surface area contributed by atoms with Crippen molar-refractivity contribution in [2.24, 2.45) is 0 Å². The van der Waals surface area contributed by atoms with Crippen LogP contribution >= 0.6 is 0 Å². The Morgan fingerprint density at radius 3 is 2.53 bits per heavy atom. The van der Waals surface area contributed by atoms with Crippen molar-refractivity contribution in [1.29, 1.82) is 0 Å². The lowest BCUT2D eigenvalue weighted by Gasteiger charge is -2.30. The topological polar surface area (TPSA) is 97.6 Å². The number of fused-ring (bicyclic) bond motifs is 1. The van der Waals surface area contributed by atoms with Gasteiger partial charge in [-0.2, -0.15) is 9.97 Å². The first kappa shape index (κ1) is 26.2. The summed E-state index contributed by atoms with van der Waals surface area (Å²) in [6.07, 6.45) is 0.0848. The third-order valence-corrected chi connectivity index (χ3v) is 6.80. The molecular weight excluding hydrogens is 496 g/mol. The monoisotopic (exact) mass is 529 g/mol. The van der Waals surface area contributed by atoms with E-state index in [1.807, 2.05) is 23.9 Å². The third kappa shape index (κ3) is 6.02. The van der Waals surface area contributed by atoms with Gasteiger partial charge in [0.2, 0.25) is 5.91 Å². The fraction of sp³-hybridized carbons (Fsp3) is 0.538. The Hall–Kier alpha value is -3.38. The smallest absolute Gasteiger partial charge is 0.320 e. The second-order valence-electron chi connectivity index (χ2n) is 9.96. The van der Waals surface area contributed by atoms with Gasteiger partial charge in [0.15, 0.2) is 5.82 Å². The van der Waals surface area contributed by atoms with Gasteiger partial charge in [-0.25, -0.2) is 13.8 Å². The van der Waals surface area contributed by atoms with Gasteiger partial charge in [0, 0.05) is 25.2 Å². The predicted molar refractivity (Wildman–Crippen MR) is 138 cm³/mol. The number of hydrogen-bond donors (Lipinski definition) is 1. The van der Waals surface area contributed by atoms with Gasteiger partial charge in [0.05, 0.1) is 30.8 Å². The number of anilines is 1. The first-order valence-corrected chi connectivity index (χ1v) is 13.0. The standard InChI is InChI=1S/C26H33F2N7O3/c1-33(2)16-23(36)29-17-7-9-18(10-8-17)38-26-31-21(34-11-13-37-14-12-34)15-22(32-26)35-20-6-4-3-5-19(20)30-25(35)24(27)28/h3-6,15,17-18,24H,7-14,16H2,1-2H3,(H,29,36)/t17-,18-. The molecule has 38 heavy (non-hydrogen) atoms. The lowest BCUT2D eigenvalue weighted by Crippen LogP contribution is -2.43. The Morgan fingerprint density at radius 2 is 1.82 bits per heavy atom. The van der Waals surface area contributed by atoms with Gasteiger partial charge in [0.1, 0.15) is 17.7 Å². The molecule has 2 fully saturated rings. The Morgan fingerprint density at radius 1 is 1.11 bits per heavy atom. The number of nitrogens with zero attached hydrogens (tertiary/aromatic N) is 6. The highest BCUT2D eigenvalue weighted by Gasteiger charge is 2.27. The van der Waals surface area contributed by atoms with E-state index in [1.165, 1.54) is 4.57 Å². The molecule has 2 aromatic heterocycles. The molecule has 10 nitrogen and oxygen atoms in total. The SMILES string of the molecule is CN(C)CC(=O)N[C@H]1CC[C@H](Oc2nc(N3CCOCC3)cc(-n3c(C(F)F)nc4ccccc43)n2)CC1. The van der Waals surface area contributed by atoms with E-state index in [-0.39, 0.29) is 35.7 Å². The molecule has 1 N–H and O–H groups in total. The van der Waals surface area contributed by atoms with Crippen LogP contribution in [0.5, 0.6) is 6.01 Å². The van der Waals surface area contributed by atoms with Crippen molar-refractivity contribution in [2.75, 3.05) is 51.8 Å². The highest BCUT2D eigenvalue weighted by Crippen LogP contribution is 2.30. The van der Waals surface area contributed by atoms with Gasteiger partial charge in [-0.3, -0.25) is 9.36 Å². The van der Waals surface area contributed by atoms with Crippen molar-refractivity contribution in [3.8, 4) is 11.8 Å². The number of halogens is 2. The van der Waals surface area contributed by atoms with Gasteiger partial charge >= 0.3 is 6.01 Å². The normalized spacial score (nSPS) is 20.3. The second kappa shape index (κ2) is 11.6. The first-order chi connectivity index (χ1) is 18.4. The molecule has 5 rings (SSSR count). The number of carbonyl (C=O) groups excluding carboxylic acids is 1. The van der Waals surface area contributed by atoms with Crippen LogP contribution in [0, 0.1) is 0 Å². The number of alkyl halides is 2. The quantitative estimate of drug-likeness (QED) is 0.476. The molecule has 1 saturated heterocycles. The van der Waals surface area contributed by atoms with Crippen LogP contribution in [0.4, 0.5) is 14.6 Å². The summed E-state index contributed by atoms with van der Waals surface area (Å²) in [5.41, 5.74) is 1.00. The average molecular weight is 530 g/mol. The summed E-state index contributed by atoms with van der Waals surface area (Å²) in [5.74, 6) is 0.506. The summed E-state index contributed by atoms with van der Waals surface area (Å²) in [6.45, 7) is 2.70. The van der Waals surface area contributed by atoms with E-state index in [2.05, 4.69) is 20.3 Å². The lowest BCUT2D eigenvalue weighted by molar-refractivity contribution is -0.122. The van der Waals surface area contributed by atoms with Crippen LogP contribution < -0.4 is 15.0 Å². The van der Waals surface area contributed by atoms with E-state index in [0.717, 1.165) is 25.7 Å². The van der Waals surface area contributed by atoms with Crippen LogP contribution in [0.3, 0.4) is 0 Å². The largest absolute Gasteiger partial charge is 0.460 e. The van der Waals surface area contributed by atoms with Gasteiger partial charge in [-0.1, -0.05) is 12.1 Å². The zero-order valence-electron chi connectivity index (χ0n) is 21.6. The van der Waals surface area contributed by atoms with Crippen LogP contribution in [-0.4, -0.2) is 89.4 Å². The van der Waals surface area contributed by atoms with Gasteiger partial charge in [-0.15, -0.1) is 0 Å². The minimum absolute atomic E-state index is 0.00736. The summed E-state index contributed by atoms with van der Waals surface area (Å²) >= 11 is 0. The minimum atomic E-state index is -2.79. The Bertz CT molecular complexity index is 1250. The Balaban J connectivity index is 1.40. The molecular formula is C26H33F2N7O3. The molecule has 1 saturated carbocycles. The number of imidazole rings is 1. The first-order valence-electron chi connectivity index (χ1n) is 13.0. The number of aromatic nitrogens is 4. The lowest BCUT2D eigenvalue weighted by atomic mass is 9.93. The zero-order valence-corrected chi connectivity index (χ0v) is 21.6. The van der Waals surface area contributed by atoms with Crippen LogP contribution in [0.15, 0.2) is 30.3 Å². The number of para-hydroxylation sites is 2. The molecule has 2 aliphatic rings. The minimum Gasteiger partial charge on any atom is -0.460 e. The van der Waals surface area contributed by atoms with E-state index in [9.17, 15) is 13.6 Å². The summed E-state index contributed by atoms with van der Waals surface area (Å²) in [4.78, 5) is 29.4. The zero-order chi connectivity index (χ0) is 26.6. The van der Waals surface area contributed by atoms with Crippen LogP contribution in [0.25, 0.3) is 16.9 Å². The predicted octanol–water partition coefficient (Wildman–Crippen LogP) is 2.96. The molecule has 3 heterocycles. The average Bonchev–Trinajstić information content (AvgIpc) is 3.30. The number of likely N-dealkylation sites (N-methyl/N-ethyl adjacent to an activating group) is 1. The number of benzene rings is 1. The second-order valence-corrected chi connectivity index (χ2v) is 9.96. The van der Waals surface area contributed by atoms with Crippen molar-refractivity contribution >= 4 is 22.8 Å². The molecule has 0 atom stereocenters. The summed E-state index contributed by atoms with van der Waals surface area (Å²) in [6, 6.07) is 8.95. The maximum Gasteiger partial charge on any atom is 0.320 e. The highest BCUT2D eigenvalue weighted by molar-refractivity contribution is 5.78. The molecule has 1 amide bonds. The van der Waals surface area contributed by atoms with E-state index >= 15 is 0 Å². The highest BCUT2D eigenvalue weighted by atomic mass is 19.3. The van der Waals surface area contributed by atoms with Crippen LogP contribution in [0.1, 0.15) is 37.9 Å². The Kier molecular flexibility index (Phi) is 7.98. The number of morpholine rings is 1. The molecule has 0 spiro atoms. The molecule has 1 aromatic carbocycles. The van der Waals surface area contributed by atoms with Crippen molar-refractivity contribution in [1.82, 2.24) is 29.7 Å². The molecule has 0 radical (unpaired) electrons. The summed E-state index contributed by atoms with van der Waals surface area (Å²) in [5, 5.41) is 3.08. The van der Waals surface area contributed by atoms with Crippen molar-refractivity contribution < 1.29 is 23.0 Å². The molecule has 0 unspecified atom stereocenters. The van der Waals surface area contributed by atoms with Gasteiger partial charge in [-0.05, 0) is 51.9 Å². The third-order valence-electron chi connectivity index (χ3n) is 6.80. The number of amides is 1. The van der Waals surface area contributed by atoms with Crippen molar-refractivity contribution in [3.05, 3.63) is 36.2 Å². The Labute approximate surface area is 219 Å². The summed E-state index contributed by atoms with van der Waals surface area (Å²) in [7, 11) is 3.72. The van der Waals surface area contributed by atoms with E-state index in [0.29, 0.717) is 49.7 Å². The van der Waals surface area contributed by atoms with E-state index in [1.54, 1.807) is 30.3 Å². The maximum atomic E-state index is 14.1. The number of rotatable bonds is 8. The fourth-order valence-electron chi connectivity index (χ4n) is 4.99. The van der Waals surface area contributed by atoms with Crippen molar-refractivity contribution in [2.45, 2.75) is 44.3 Å². The van der Waals surface area contributed by atoms with E-state index in [4.69, 9.17) is 9.47 Å². The molecule has 1 aliphatic carbocycles. The van der Waals surface area contributed by atoms with E-state index < -0.39 is 6.43 Å². The van der Waals surface area contributed by atoms with Gasteiger partial charge < -0.3 is 24.6 Å². The van der Waals surface area contributed by atoms with Crippen molar-refractivity contribution in [3.63, 3.8) is 0 Å². The summed E-state index contributed by atoms with van der Waals surface area (Å²) < 4.78 is 41.2. The molecule has 12 heteroatoms. The maximum absolute atomic E-state index is 14.1. The molecule has 204 valence electrons. The fourth-order valence-corrected chi connectivity index (χ4v) is 4.99.